The highest BCUT2D eigenvalue weighted by atomic mass is 16.7. The molecule has 2 bridgehead atoms. The average molecular weight is 437 g/mol. The number of carboxylic acids is 1. The Morgan fingerprint density at radius 3 is 2.28 bits per heavy atom. The molecule has 168 valence electrons. The molecule has 3 aliphatic rings. The van der Waals surface area contributed by atoms with Crippen molar-refractivity contribution in [3.63, 3.8) is 0 Å². The van der Waals surface area contributed by atoms with Gasteiger partial charge in [0.25, 0.3) is 0 Å². The molecule has 0 radical (unpaired) electrons. The number of carbonyl (C=O) groups is 2. The van der Waals surface area contributed by atoms with E-state index in [0.29, 0.717) is 6.42 Å². The molecule has 4 atom stereocenters. The van der Waals surface area contributed by atoms with Gasteiger partial charge in [0.05, 0.1) is 12.6 Å². The summed E-state index contributed by atoms with van der Waals surface area (Å²) in [6.45, 7) is 4.45. The van der Waals surface area contributed by atoms with Crippen molar-refractivity contribution in [3.05, 3.63) is 59.7 Å². The lowest BCUT2D eigenvalue weighted by Gasteiger charge is -2.38. The van der Waals surface area contributed by atoms with Crippen LogP contribution in [-0.4, -0.2) is 59.8 Å². The maximum atomic E-state index is 13.2. The van der Waals surface area contributed by atoms with E-state index in [0.717, 1.165) is 11.1 Å². The van der Waals surface area contributed by atoms with Gasteiger partial charge in [-0.1, -0.05) is 62.4 Å². The van der Waals surface area contributed by atoms with Gasteiger partial charge in [-0.05, 0) is 34.6 Å². The zero-order valence-corrected chi connectivity index (χ0v) is 18.1. The molecule has 2 heterocycles. The summed E-state index contributed by atoms with van der Waals surface area (Å²) in [7, 11) is 0. The number of fused-ring (bicyclic) bond motifs is 5. The average Bonchev–Trinajstić information content (AvgIpc) is 3.30. The number of carbonyl (C=O) groups excluding carboxylic acids is 1. The van der Waals surface area contributed by atoms with Gasteiger partial charge in [0.15, 0.2) is 12.4 Å². The van der Waals surface area contributed by atoms with Gasteiger partial charge in [0.1, 0.15) is 12.7 Å². The summed E-state index contributed by atoms with van der Waals surface area (Å²) in [5.74, 6) is -0.831. The summed E-state index contributed by atoms with van der Waals surface area (Å²) < 4.78 is 17.3. The molecule has 1 amide bonds. The number of carboxylic acid groups (broad SMARTS) is 1. The molecule has 2 fully saturated rings. The van der Waals surface area contributed by atoms with Crippen molar-refractivity contribution < 1.29 is 28.9 Å². The van der Waals surface area contributed by atoms with E-state index >= 15 is 0 Å². The molecule has 0 spiro atoms. The van der Waals surface area contributed by atoms with Crippen LogP contribution in [0, 0.1) is 5.92 Å². The predicted octanol–water partition coefficient (Wildman–Crippen LogP) is 3.86. The highest BCUT2D eigenvalue weighted by Gasteiger charge is 2.52. The third-order valence-corrected chi connectivity index (χ3v) is 6.55. The number of morpholine rings is 1. The molecular weight excluding hydrogens is 410 g/mol. The van der Waals surface area contributed by atoms with E-state index in [-0.39, 0.29) is 31.0 Å². The number of ether oxygens (including phenoxy) is 3. The van der Waals surface area contributed by atoms with Crippen molar-refractivity contribution in [2.45, 2.75) is 50.7 Å². The monoisotopic (exact) mass is 437 g/mol. The molecule has 32 heavy (non-hydrogen) atoms. The largest absolute Gasteiger partial charge is 0.479 e. The second-order valence-electron chi connectivity index (χ2n) is 9.09. The van der Waals surface area contributed by atoms with Crippen molar-refractivity contribution in [2.75, 3.05) is 13.2 Å². The summed E-state index contributed by atoms with van der Waals surface area (Å²) in [5.41, 5.74) is 4.64. The van der Waals surface area contributed by atoms with Crippen LogP contribution < -0.4 is 0 Å². The van der Waals surface area contributed by atoms with Crippen molar-refractivity contribution in [3.8, 4) is 11.1 Å². The lowest BCUT2D eigenvalue weighted by atomic mass is 9.98. The Morgan fingerprint density at radius 1 is 1.06 bits per heavy atom. The summed E-state index contributed by atoms with van der Waals surface area (Å²) in [6.07, 6.45) is -2.33. The van der Waals surface area contributed by atoms with E-state index in [4.69, 9.17) is 14.2 Å². The number of rotatable bonds is 5. The standard InChI is InChI=1S/C25H27NO6/c1-14(2)11-20-24-31-21(22(32-24)23(27)28)12-26(20)25(29)30-13-19-17-9-5-3-7-15(17)16-8-4-6-10-18(16)19/h3-10,14,19-22,24H,11-13H2,1-2H3,(H,27,28)/t20-,21+,22+,24+/m0/s1. The summed E-state index contributed by atoms with van der Waals surface area (Å²) in [4.78, 5) is 26.4. The third-order valence-electron chi connectivity index (χ3n) is 6.55. The van der Waals surface area contributed by atoms with Gasteiger partial charge in [-0.3, -0.25) is 4.90 Å². The predicted molar refractivity (Wildman–Crippen MR) is 116 cm³/mol. The van der Waals surface area contributed by atoms with E-state index in [1.165, 1.54) is 11.1 Å². The number of aliphatic carboxylic acids is 1. The molecule has 5 rings (SSSR count). The van der Waals surface area contributed by atoms with Gasteiger partial charge in [-0.2, -0.15) is 0 Å². The van der Waals surface area contributed by atoms with E-state index in [1.54, 1.807) is 4.90 Å². The van der Waals surface area contributed by atoms with Crippen LogP contribution in [-0.2, 0) is 19.0 Å². The van der Waals surface area contributed by atoms with Crippen LogP contribution in [0.3, 0.4) is 0 Å². The highest BCUT2D eigenvalue weighted by molar-refractivity contribution is 5.79. The first-order valence-electron chi connectivity index (χ1n) is 11.1. The molecule has 2 saturated heterocycles. The number of nitrogens with zero attached hydrogens (tertiary/aromatic N) is 1. The minimum atomic E-state index is -1.07. The second-order valence-corrected chi connectivity index (χ2v) is 9.09. The van der Waals surface area contributed by atoms with Gasteiger partial charge in [-0.25, -0.2) is 9.59 Å². The molecule has 0 saturated carbocycles. The number of amides is 1. The minimum Gasteiger partial charge on any atom is -0.479 e. The fourth-order valence-corrected chi connectivity index (χ4v) is 5.13. The summed E-state index contributed by atoms with van der Waals surface area (Å²) in [6, 6.07) is 16.0. The first kappa shape index (κ1) is 21.0. The van der Waals surface area contributed by atoms with Crippen LogP contribution in [0.1, 0.15) is 37.3 Å². The molecule has 1 aliphatic carbocycles. The molecule has 2 aromatic carbocycles. The van der Waals surface area contributed by atoms with Crippen LogP contribution in [0.25, 0.3) is 11.1 Å². The Morgan fingerprint density at radius 2 is 1.69 bits per heavy atom. The maximum Gasteiger partial charge on any atom is 0.410 e. The Bertz CT molecular complexity index is 991. The highest BCUT2D eigenvalue weighted by Crippen LogP contribution is 2.44. The van der Waals surface area contributed by atoms with Gasteiger partial charge in [0.2, 0.25) is 0 Å². The van der Waals surface area contributed by atoms with Gasteiger partial charge in [0, 0.05) is 5.92 Å². The normalized spacial score (nSPS) is 26.2. The molecular formula is C25H27NO6. The fourth-order valence-electron chi connectivity index (χ4n) is 5.13. The van der Waals surface area contributed by atoms with Gasteiger partial charge < -0.3 is 19.3 Å². The first-order valence-corrected chi connectivity index (χ1v) is 11.1. The molecule has 0 aromatic heterocycles. The fraction of sp³-hybridized carbons (Fsp3) is 0.440. The lowest BCUT2D eigenvalue weighted by Crippen LogP contribution is -2.55. The van der Waals surface area contributed by atoms with E-state index < -0.39 is 30.6 Å². The Hall–Kier alpha value is -2.90. The topological polar surface area (TPSA) is 85.3 Å². The smallest absolute Gasteiger partial charge is 0.410 e. The number of hydrogen-bond donors (Lipinski definition) is 1. The lowest BCUT2D eigenvalue weighted by molar-refractivity contribution is -0.157. The SMILES string of the molecule is CC(C)C[C@H]1[C@@H]2O[C@H](CN1C(=O)OCC1c3ccccc3-c3ccccc31)[C@H](C(=O)O)O2. The second kappa shape index (κ2) is 8.22. The summed E-state index contributed by atoms with van der Waals surface area (Å²) >= 11 is 0. The summed E-state index contributed by atoms with van der Waals surface area (Å²) in [5, 5.41) is 9.45. The van der Waals surface area contributed by atoms with Crippen LogP contribution >= 0.6 is 0 Å². The molecule has 2 aromatic rings. The Balaban J connectivity index is 1.35. The van der Waals surface area contributed by atoms with Crippen LogP contribution in [0.5, 0.6) is 0 Å². The third kappa shape index (κ3) is 3.55. The first-order chi connectivity index (χ1) is 15.4. The zero-order valence-electron chi connectivity index (χ0n) is 18.1. The Kier molecular flexibility index (Phi) is 5.39. The van der Waals surface area contributed by atoms with E-state index in [1.807, 2.05) is 38.1 Å². The van der Waals surface area contributed by atoms with Gasteiger partial charge in [-0.15, -0.1) is 0 Å². The zero-order chi connectivity index (χ0) is 22.4. The van der Waals surface area contributed by atoms with Crippen LogP contribution in [0.2, 0.25) is 0 Å². The van der Waals surface area contributed by atoms with Crippen molar-refractivity contribution >= 4 is 12.1 Å². The molecule has 7 heteroatoms. The minimum absolute atomic E-state index is 0.0318. The van der Waals surface area contributed by atoms with Gasteiger partial charge >= 0.3 is 12.1 Å². The van der Waals surface area contributed by atoms with E-state index in [2.05, 4.69) is 24.3 Å². The van der Waals surface area contributed by atoms with Crippen molar-refractivity contribution in [2.24, 2.45) is 5.92 Å². The molecule has 2 aliphatic heterocycles. The van der Waals surface area contributed by atoms with Crippen molar-refractivity contribution in [1.29, 1.82) is 0 Å². The number of hydrogen-bond acceptors (Lipinski definition) is 5. The van der Waals surface area contributed by atoms with Crippen molar-refractivity contribution in [1.82, 2.24) is 4.90 Å². The molecule has 0 unspecified atom stereocenters. The quantitative estimate of drug-likeness (QED) is 0.765. The molecule has 7 nitrogen and oxygen atoms in total. The Labute approximate surface area is 186 Å². The number of benzene rings is 2. The van der Waals surface area contributed by atoms with E-state index in [9.17, 15) is 14.7 Å². The molecule has 1 N–H and O–H groups in total. The maximum absolute atomic E-state index is 13.2. The van der Waals surface area contributed by atoms with Crippen LogP contribution in [0.15, 0.2) is 48.5 Å². The van der Waals surface area contributed by atoms with Crippen LogP contribution in [0.4, 0.5) is 4.79 Å².